The summed E-state index contributed by atoms with van der Waals surface area (Å²) in [7, 11) is 0. The number of nitrogens with zero attached hydrogens (tertiary/aromatic N) is 1. The fourth-order valence-electron chi connectivity index (χ4n) is 3.48. The standard InChI is InChI=1S/C20H17BrFN3O2/c21-13-8-15(22)14-10-17(24-16(14)9-13)20(27)25-7-6-23-19(26)11-18(25)12-4-2-1-3-5-12/h1-5,8-10,18,24H,6-7,11H2,(H,23,26). The van der Waals surface area contributed by atoms with Gasteiger partial charge in [0, 0.05) is 22.9 Å². The number of H-pyrrole nitrogens is 1. The molecular formula is C20H17BrFN3O2. The van der Waals surface area contributed by atoms with Crippen LogP contribution in [0.1, 0.15) is 28.5 Å². The fraction of sp³-hybridized carbons (Fsp3) is 0.200. The zero-order valence-corrected chi connectivity index (χ0v) is 15.9. The Morgan fingerprint density at radius 2 is 1.96 bits per heavy atom. The first-order chi connectivity index (χ1) is 13.0. The van der Waals surface area contributed by atoms with Crippen LogP contribution in [0.3, 0.4) is 0 Å². The van der Waals surface area contributed by atoms with Crippen LogP contribution in [-0.2, 0) is 4.79 Å². The lowest BCUT2D eigenvalue weighted by Crippen LogP contribution is -2.36. The Labute approximate surface area is 163 Å². The topological polar surface area (TPSA) is 65.2 Å². The number of aromatic amines is 1. The summed E-state index contributed by atoms with van der Waals surface area (Å²) in [6.07, 6.45) is 0.190. The average molecular weight is 430 g/mol. The molecule has 1 unspecified atom stereocenters. The minimum absolute atomic E-state index is 0.0919. The molecule has 2 heterocycles. The van der Waals surface area contributed by atoms with E-state index in [0.29, 0.717) is 34.2 Å². The third-order valence-corrected chi connectivity index (χ3v) is 5.22. The molecule has 1 aliphatic rings. The van der Waals surface area contributed by atoms with Crippen LogP contribution in [-0.4, -0.2) is 34.8 Å². The molecule has 2 N–H and O–H groups in total. The minimum Gasteiger partial charge on any atom is -0.354 e. The first-order valence-corrected chi connectivity index (χ1v) is 9.42. The first-order valence-electron chi connectivity index (χ1n) is 8.63. The number of hydrogen-bond acceptors (Lipinski definition) is 2. The van der Waals surface area contributed by atoms with E-state index in [1.165, 1.54) is 12.1 Å². The van der Waals surface area contributed by atoms with Crippen molar-refractivity contribution in [1.29, 1.82) is 0 Å². The fourth-order valence-corrected chi connectivity index (χ4v) is 3.91. The van der Waals surface area contributed by atoms with Crippen molar-refractivity contribution >= 4 is 38.6 Å². The van der Waals surface area contributed by atoms with E-state index in [9.17, 15) is 14.0 Å². The van der Waals surface area contributed by atoms with Crippen molar-refractivity contribution in [2.45, 2.75) is 12.5 Å². The first kappa shape index (κ1) is 17.7. The molecule has 2 amide bonds. The number of aromatic nitrogens is 1. The number of halogens is 2. The van der Waals surface area contributed by atoms with Gasteiger partial charge in [0.2, 0.25) is 5.91 Å². The lowest BCUT2D eigenvalue weighted by molar-refractivity contribution is -0.121. The molecule has 3 aromatic rings. The predicted octanol–water partition coefficient (Wildman–Crippen LogP) is 3.77. The number of rotatable bonds is 2. The Morgan fingerprint density at radius 3 is 2.74 bits per heavy atom. The third-order valence-electron chi connectivity index (χ3n) is 4.76. The van der Waals surface area contributed by atoms with Crippen molar-refractivity contribution in [3.8, 4) is 0 Å². The number of fused-ring (bicyclic) bond motifs is 1. The Hall–Kier alpha value is -2.67. The van der Waals surface area contributed by atoms with E-state index in [2.05, 4.69) is 26.2 Å². The SMILES string of the molecule is O=C1CC(c2ccccc2)N(C(=O)c2cc3c(F)cc(Br)cc3[nH]2)CCN1. The molecule has 0 bridgehead atoms. The summed E-state index contributed by atoms with van der Waals surface area (Å²) in [5.41, 5.74) is 1.75. The smallest absolute Gasteiger partial charge is 0.270 e. The van der Waals surface area contributed by atoms with Crippen LogP contribution in [0.25, 0.3) is 10.9 Å². The lowest BCUT2D eigenvalue weighted by atomic mass is 10.0. The van der Waals surface area contributed by atoms with Gasteiger partial charge in [-0.3, -0.25) is 9.59 Å². The maximum Gasteiger partial charge on any atom is 0.270 e. The van der Waals surface area contributed by atoms with Gasteiger partial charge >= 0.3 is 0 Å². The van der Waals surface area contributed by atoms with Crippen LogP contribution >= 0.6 is 15.9 Å². The van der Waals surface area contributed by atoms with Gasteiger partial charge in [-0.1, -0.05) is 46.3 Å². The van der Waals surface area contributed by atoms with Gasteiger partial charge in [0.25, 0.3) is 5.91 Å². The van der Waals surface area contributed by atoms with Crippen LogP contribution in [0.5, 0.6) is 0 Å². The zero-order chi connectivity index (χ0) is 19.0. The third kappa shape index (κ3) is 3.47. The number of carbonyl (C=O) groups is 2. The van der Waals surface area contributed by atoms with Gasteiger partial charge in [0.15, 0.2) is 0 Å². The summed E-state index contributed by atoms with van der Waals surface area (Å²) in [6, 6.07) is 13.7. The Balaban J connectivity index is 1.73. The highest BCUT2D eigenvalue weighted by Gasteiger charge is 2.31. The summed E-state index contributed by atoms with van der Waals surface area (Å²) in [5, 5.41) is 3.18. The largest absolute Gasteiger partial charge is 0.354 e. The molecule has 7 heteroatoms. The molecule has 1 atom stereocenters. The maximum atomic E-state index is 14.2. The molecule has 138 valence electrons. The summed E-state index contributed by atoms with van der Waals surface area (Å²) < 4.78 is 14.8. The molecule has 1 fully saturated rings. The van der Waals surface area contributed by atoms with Crippen LogP contribution < -0.4 is 5.32 Å². The van der Waals surface area contributed by atoms with Crippen molar-refractivity contribution < 1.29 is 14.0 Å². The Kier molecular flexibility index (Phi) is 4.70. The van der Waals surface area contributed by atoms with E-state index in [1.54, 1.807) is 11.0 Å². The van der Waals surface area contributed by atoms with E-state index in [4.69, 9.17) is 0 Å². The lowest BCUT2D eigenvalue weighted by Gasteiger charge is -2.29. The second kappa shape index (κ2) is 7.15. The van der Waals surface area contributed by atoms with Crippen molar-refractivity contribution in [3.05, 3.63) is 70.1 Å². The van der Waals surface area contributed by atoms with Gasteiger partial charge in [0.1, 0.15) is 11.5 Å². The zero-order valence-electron chi connectivity index (χ0n) is 14.3. The van der Waals surface area contributed by atoms with E-state index in [0.717, 1.165) is 5.56 Å². The molecule has 4 rings (SSSR count). The number of benzene rings is 2. The second-order valence-corrected chi connectivity index (χ2v) is 7.43. The van der Waals surface area contributed by atoms with E-state index in [1.807, 2.05) is 30.3 Å². The van der Waals surface area contributed by atoms with Crippen LogP contribution in [0, 0.1) is 5.82 Å². The summed E-state index contributed by atoms with van der Waals surface area (Å²) in [5.74, 6) is -0.750. The number of hydrogen-bond donors (Lipinski definition) is 2. The number of carbonyl (C=O) groups excluding carboxylic acids is 2. The van der Waals surface area contributed by atoms with Crippen molar-refractivity contribution in [1.82, 2.24) is 15.2 Å². The van der Waals surface area contributed by atoms with E-state index in [-0.39, 0.29) is 24.3 Å². The number of nitrogens with one attached hydrogen (secondary N) is 2. The molecular weight excluding hydrogens is 413 g/mol. The van der Waals surface area contributed by atoms with Crippen molar-refractivity contribution in [2.24, 2.45) is 0 Å². The molecule has 0 saturated carbocycles. The summed E-state index contributed by atoms with van der Waals surface area (Å²) in [6.45, 7) is 0.764. The molecule has 5 nitrogen and oxygen atoms in total. The number of amides is 2. The molecule has 0 radical (unpaired) electrons. The van der Waals surface area contributed by atoms with Gasteiger partial charge in [-0.25, -0.2) is 4.39 Å². The average Bonchev–Trinajstić information content (AvgIpc) is 2.98. The molecule has 0 aliphatic carbocycles. The van der Waals surface area contributed by atoms with Gasteiger partial charge in [-0.05, 0) is 23.8 Å². The van der Waals surface area contributed by atoms with Gasteiger partial charge in [-0.2, -0.15) is 0 Å². The van der Waals surface area contributed by atoms with Crippen molar-refractivity contribution in [2.75, 3.05) is 13.1 Å². The monoisotopic (exact) mass is 429 g/mol. The summed E-state index contributed by atoms with van der Waals surface area (Å²) >= 11 is 3.26. The molecule has 1 aromatic heterocycles. The Bertz CT molecular complexity index is 1020. The predicted molar refractivity (Wildman–Crippen MR) is 104 cm³/mol. The maximum absolute atomic E-state index is 14.2. The van der Waals surface area contributed by atoms with Crippen LogP contribution in [0.4, 0.5) is 4.39 Å². The molecule has 1 aliphatic heterocycles. The Morgan fingerprint density at radius 1 is 1.19 bits per heavy atom. The highest BCUT2D eigenvalue weighted by molar-refractivity contribution is 9.10. The van der Waals surface area contributed by atoms with Gasteiger partial charge < -0.3 is 15.2 Å². The van der Waals surface area contributed by atoms with Crippen LogP contribution in [0.15, 0.2) is 53.0 Å². The normalized spacial score (nSPS) is 17.6. The molecule has 2 aromatic carbocycles. The van der Waals surface area contributed by atoms with E-state index >= 15 is 0 Å². The highest BCUT2D eigenvalue weighted by atomic mass is 79.9. The summed E-state index contributed by atoms with van der Waals surface area (Å²) in [4.78, 5) is 30.0. The molecule has 0 spiro atoms. The molecule has 27 heavy (non-hydrogen) atoms. The quantitative estimate of drug-likeness (QED) is 0.650. The minimum atomic E-state index is -0.401. The van der Waals surface area contributed by atoms with Crippen LogP contribution in [0.2, 0.25) is 0 Å². The van der Waals surface area contributed by atoms with Gasteiger partial charge in [-0.15, -0.1) is 0 Å². The van der Waals surface area contributed by atoms with Gasteiger partial charge in [0.05, 0.1) is 18.0 Å². The van der Waals surface area contributed by atoms with Crippen molar-refractivity contribution in [3.63, 3.8) is 0 Å². The second-order valence-electron chi connectivity index (χ2n) is 6.51. The highest BCUT2D eigenvalue weighted by Crippen LogP contribution is 2.29. The molecule has 1 saturated heterocycles. The van der Waals surface area contributed by atoms with E-state index < -0.39 is 5.82 Å².